The predicted molar refractivity (Wildman–Crippen MR) is 83.6 cm³/mol. The number of carbonyl (C=O) groups excluding carboxylic acids is 1. The summed E-state index contributed by atoms with van der Waals surface area (Å²) in [6, 6.07) is 10.00. The molecule has 0 spiro atoms. The Morgan fingerprint density at radius 3 is 2.76 bits per heavy atom. The maximum Gasteiger partial charge on any atom is 0.227 e. The molecule has 0 aliphatic carbocycles. The van der Waals surface area contributed by atoms with Gasteiger partial charge in [0.25, 0.3) is 0 Å². The summed E-state index contributed by atoms with van der Waals surface area (Å²) < 4.78 is 4.92. The van der Waals surface area contributed by atoms with Gasteiger partial charge in [0.15, 0.2) is 5.82 Å². The Morgan fingerprint density at radius 1 is 1.33 bits per heavy atom. The summed E-state index contributed by atoms with van der Waals surface area (Å²) in [6.45, 7) is 7.47. The molecule has 5 heteroatoms. The number of benzene rings is 1. The second-order valence-electron chi connectivity index (χ2n) is 5.04. The van der Waals surface area contributed by atoms with Crippen molar-refractivity contribution in [2.45, 2.75) is 27.2 Å². The molecule has 0 fully saturated rings. The zero-order valence-electron chi connectivity index (χ0n) is 12.7. The van der Waals surface area contributed by atoms with Gasteiger partial charge in [0, 0.05) is 31.3 Å². The molecule has 2 aromatic rings. The van der Waals surface area contributed by atoms with E-state index in [4.69, 9.17) is 4.52 Å². The molecule has 2 rings (SSSR count). The van der Waals surface area contributed by atoms with Crippen LogP contribution in [-0.4, -0.2) is 24.2 Å². The Morgan fingerprint density at radius 2 is 2.14 bits per heavy atom. The first kappa shape index (κ1) is 15.1. The summed E-state index contributed by atoms with van der Waals surface area (Å²) in [5, 5.41) is 6.49. The van der Waals surface area contributed by atoms with Gasteiger partial charge in [0.1, 0.15) is 5.76 Å². The Labute approximate surface area is 124 Å². The van der Waals surface area contributed by atoms with Gasteiger partial charge in [-0.1, -0.05) is 17.3 Å². The van der Waals surface area contributed by atoms with E-state index >= 15 is 0 Å². The first-order valence-electron chi connectivity index (χ1n) is 7.13. The van der Waals surface area contributed by atoms with Crippen molar-refractivity contribution in [1.29, 1.82) is 0 Å². The fourth-order valence-electron chi connectivity index (χ4n) is 2.16. The van der Waals surface area contributed by atoms with Crippen LogP contribution in [0.3, 0.4) is 0 Å². The quantitative estimate of drug-likeness (QED) is 0.886. The highest BCUT2D eigenvalue weighted by molar-refractivity contribution is 5.90. The van der Waals surface area contributed by atoms with Crippen LogP contribution in [0.25, 0.3) is 0 Å². The van der Waals surface area contributed by atoms with E-state index in [2.05, 4.69) is 47.4 Å². The first-order valence-corrected chi connectivity index (χ1v) is 7.13. The van der Waals surface area contributed by atoms with E-state index in [9.17, 15) is 4.79 Å². The molecule has 0 saturated heterocycles. The zero-order chi connectivity index (χ0) is 15.2. The summed E-state index contributed by atoms with van der Waals surface area (Å²) in [5.41, 5.74) is 2.36. The number of aromatic nitrogens is 1. The summed E-state index contributed by atoms with van der Waals surface area (Å²) in [6.07, 6.45) is 0.410. The van der Waals surface area contributed by atoms with Gasteiger partial charge in [-0.25, -0.2) is 0 Å². The summed E-state index contributed by atoms with van der Waals surface area (Å²) in [4.78, 5) is 14.1. The van der Waals surface area contributed by atoms with Crippen molar-refractivity contribution >= 4 is 17.4 Å². The van der Waals surface area contributed by atoms with Crippen LogP contribution in [0.4, 0.5) is 11.5 Å². The molecule has 0 atom stereocenters. The third-order valence-electron chi connectivity index (χ3n) is 3.25. The molecule has 0 aliphatic heterocycles. The van der Waals surface area contributed by atoms with E-state index in [1.54, 1.807) is 13.0 Å². The Bertz CT molecular complexity index is 607. The molecule has 1 heterocycles. The number of hydrogen-bond donors (Lipinski definition) is 1. The number of nitrogens with one attached hydrogen (secondary N) is 1. The van der Waals surface area contributed by atoms with Gasteiger partial charge in [-0.15, -0.1) is 0 Å². The Kier molecular flexibility index (Phi) is 4.98. The number of carbonyl (C=O) groups is 1. The molecule has 1 N–H and O–H groups in total. The number of amides is 1. The Balaban J connectivity index is 1.89. The van der Waals surface area contributed by atoms with Crippen LogP contribution in [0.15, 0.2) is 34.9 Å². The van der Waals surface area contributed by atoms with Crippen LogP contribution in [-0.2, 0) is 4.79 Å². The molecule has 0 saturated carbocycles. The van der Waals surface area contributed by atoms with Crippen molar-refractivity contribution in [3.05, 3.63) is 41.7 Å². The number of nitrogens with zero attached hydrogens (tertiary/aromatic N) is 2. The minimum atomic E-state index is -0.0607. The SMILES string of the molecule is CCN(CCC(=O)Nc1cc(C)on1)c1cccc(C)c1. The van der Waals surface area contributed by atoms with Gasteiger partial charge in [-0.3, -0.25) is 4.79 Å². The summed E-state index contributed by atoms with van der Waals surface area (Å²) in [5.74, 6) is 1.09. The van der Waals surface area contributed by atoms with Gasteiger partial charge >= 0.3 is 0 Å². The molecule has 21 heavy (non-hydrogen) atoms. The summed E-state index contributed by atoms with van der Waals surface area (Å²) in [7, 11) is 0. The summed E-state index contributed by atoms with van der Waals surface area (Å²) >= 11 is 0. The van der Waals surface area contributed by atoms with E-state index in [-0.39, 0.29) is 5.91 Å². The second kappa shape index (κ2) is 6.92. The van der Waals surface area contributed by atoms with Crippen LogP contribution >= 0.6 is 0 Å². The maximum absolute atomic E-state index is 11.9. The fourth-order valence-corrected chi connectivity index (χ4v) is 2.16. The molecule has 0 bridgehead atoms. The molecule has 1 aromatic carbocycles. The van der Waals surface area contributed by atoms with Crippen LogP contribution in [0.2, 0.25) is 0 Å². The molecular formula is C16H21N3O2. The van der Waals surface area contributed by atoms with Crippen molar-refractivity contribution in [2.75, 3.05) is 23.3 Å². The first-order chi connectivity index (χ1) is 10.1. The molecular weight excluding hydrogens is 266 g/mol. The van der Waals surface area contributed by atoms with Crippen LogP contribution in [0.1, 0.15) is 24.7 Å². The lowest BCUT2D eigenvalue weighted by Gasteiger charge is -2.23. The molecule has 112 valence electrons. The normalized spacial score (nSPS) is 10.4. The average Bonchev–Trinajstić information content (AvgIpc) is 2.85. The lowest BCUT2D eigenvalue weighted by molar-refractivity contribution is -0.116. The molecule has 1 aromatic heterocycles. The molecule has 1 amide bonds. The average molecular weight is 287 g/mol. The highest BCUT2D eigenvalue weighted by atomic mass is 16.5. The highest BCUT2D eigenvalue weighted by Gasteiger charge is 2.10. The molecule has 0 aliphatic rings. The topological polar surface area (TPSA) is 58.4 Å². The van der Waals surface area contributed by atoms with Crippen molar-refractivity contribution in [2.24, 2.45) is 0 Å². The zero-order valence-corrected chi connectivity index (χ0v) is 12.7. The van der Waals surface area contributed by atoms with Crippen molar-refractivity contribution in [3.8, 4) is 0 Å². The third kappa shape index (κ3) is 4.34. The van der Waals surface area contributed by atoms with E-state index in [0.29, 0.717) is 24.5 Å². The van der Waals surface area contributed by atoms with Gasteiger partial charge in [-0.05, 0) is 38.5 Å². The van der Waals surface area contributed by atoms with E-state index in [1.807, 2.05) is 6.07 Å². The fraction of sp³-hybridized carbons (Fsp3) is 0.375. The van der Waals surface area contributed by atoms with Crippen LogP contribution in [0.5, 0.6) is 0 Å². The molecule has 0 radical (unpaired) electrons. The number of rotatable bonds is 6. The van der Waals surface area contributed by atoms with E-state index in [1.165, 1.54) is 5.56 Å². The number of hydrogen-bond acceptors (Lipinski definition) is 4. The lowest BCUT2D eigenvalue weighted by Crippen LogP contribution is -2.27. The largest absolute Gasteiger partial charge is 0.371 e. The minimum absolute atomic E-state index is 0.0607. The van der Waals surface area contributed by atoms with E-state index < -0.39 is 0 Å². The van der Waals surface area contributed by atoms with Crippen LogP contribution < -0.4 is 10.2 Å². The smallest absolute Gasteiger partial charge is 0.227 e. The lowest BCUT2D eigenvalue weighted by atomic mass is 10.2. The number of anilines is 2. The van der Waals surface area contributed by atoms with Crippen LogP contribution in [0, 0.1) is 13.8 Å². The minimum Gasteiger partial charge on any atom is -0.371 e. The Hall–Kier alpha value is -2.30. The number of aryl methyl sites for hydroxylation is 2. The maximum atomic E-state index is 11.9. The molecule has 5 nitrogen and oxygen atoms in total. The van der Waals surface area contributed by atoms with Crippen molar-refractivity contribution in [1.82, 2.24) is 5.16 Å². The third-order valence-corrected chi connectivity index (χ3v) is 3.25. The monoisotopic (exact) mass is 287 g/mol. The van der Waals surface area contributed by atoms with Gasteiger partial charge in [-0.2, -0.15) is 0 Å². The van der Waals surface area contributed by atoms with Crippen molar-refractivity contribution < 1.29 is 9.32 Å². The standard InChI is InChI=1S/C16H21N3O2/c1-4-19(14-7-5-6-12(2)10-14)9-8-16(20)17-15-11-13(3)21-18-15/h5-7,10-11H,4,8-9H2,1-3H3,(H,17,18,20). The highest BCUT2D eigenvalue weighted by Crippen LogP contribution is 2.16. The molecule has 0 unspecified atom stereocenters. The van der Waals surface area contributed by atoms with Gasteiger partial charge in [0.2, 0.25) is 5.91 Å². The van der Waals surface area contributed by atoms with Crippen molar-refractivity contribution in [3.63, 3.8) is 0 Å². The van der Waals surface area contributed by atoms with Gasteiger partial charge in [0.05, 0.1) is 0 Å². The second-order valence-corrected chi connectivity index (χ2v) is 5.04. The van der Waals surface area contributed by atoms with Gasteiger partial charge < -0.3 is 14.7 Å². The van der Waals surface area contributed by atoms with E-state index in [0.717, 1.165) is 12.2 Å². The predicted octanol–water partition coefficient (Wildman–Crippen LogP) is 3.15.